The third-order valence-electron chi connectivity index (χ3n) is 3.54. The zero-order valence-corrected chi connectivity index (χ0v) is 9.01. The summed E-state index contributed by atoms with van der Waals surface area (Å²) in [6.07, 6.45) is -2.84. The molecule has 0 aliphatic carbocycles. The molecule has 5 atom stereocenters. The smallest absolute Gasteiger partial charge is 0.187 e. The molecule has 1 aliphatic rings. The Morgan fingerprint density at radius 2 is 1.53 bits per heavy atom. The maximum atomic E-state index is 10.1. The molecule has 1 fully saturated rings. The second kappa shape index (κ2) is 3.38. The van der Waals surface area contributed by atoms with Gasteiger partial charge in [0.2, 0.25) is 0 Å². The fraction of sp³-hybridized carbons (Fsp3) is 1.00. The molecule has 1 aliphatic heterocycles. The fourth-order valence-electron chi connectivity index (χ4n) is 1.71. The van der Waals surface area contributed by atoms with Crippen molar-refractivity contribution in [3.05, 3.63) is 0 Å². The number of ether oxygens (including phenoxy) is 1. The molecule has 90 valence electrons. The molecular weight excluding hydrogens is 204 g/mol. The van der Waals surface area contributed by atoms with E-state index in [2.05, 4.69) is 0 Å². The highest BCUT2D eigenvalue weighted by atomic mass is 16.6. The summed E-state index contributed by atoms with van der Waals surface area (Å²) in [5.74, 6) is 0. The van der Waals surface area contributed by atoms with Crippen molar-refractivity contribution < 1.29 is 30.3 Å². The third kappa shape index (κ3) is 1.49. The monoisotopic (exact) mass is 222 g/mol. The van der Waals surface area contributed by atoms with Gasteiger partial charge >= 0.3 is 0 Å². The number of rotatable bonds is 1. The van der Waals surface area contributed by atoms with Crippen molar-refractivity contribution in [1.82, 2.24) is 0 Å². The molecule has 0 saturated carbocycles. The predicted molar refractivity (Wildman–Crippen MR) is 49.8 cm³/mol. The van der Waals surface area contributed by atoms with Gasteiger partial charge in [0.05, 0.1) is 6.61 Å². The highest BCUT2D eigenvalue weighted by molar-refractivity contribution is 5.13. The zero-order valence-electron chi connectivity index (χ0n) is 9.01. The van der Waals surface area contributed by atoms with Crippen LogP contribution in [0.25, 0.3) is 0 Å². The van der Waals surface area contributed by atoms with E-state index in [1.807, 2.05) is 0 Å². The first kappa shape index (κ1) is 12.8. The molecule has 0 spiro atoms. The zero-order chi connectivity index (χ0) is 12.1. The standard InChI is InChI=1S/C9H18O6/c1-7(12)5(4-10)15-6(11)8(2,13)9(7,3)14/h5-6,10-14H,4H2,1-3H3/t5-,6+,7+,8+,9-/m1/s1. The molecule has 0 aromatic heterocycles. The van der Waals surface area contributed by atoms with E-state index in [9.17, 15) is 20.4 Å². The average molecular weight is 222 g/mol. The normalized spacial score (nSPS) is 56.8. The van der Waals surface area contributed by atoms with Crippen LogP contribution in [0.1, 0.15) is 20.8 Å². The highest BCUT2D eigenvalue weighted by Gasteiger charge is 2.65. The van der Waals surface area contributed by atoms with Crippen molar-refractivity contribution in [2.75, 3.05) is 6.61 Å². The molecule has 0 unspecified atom stereocenters. The van der Waals surface area contributed by atoms with E-state index >= 15 is 0 Å². The summed E-state index contributed by atoms with van der Waals surface area (Å²) in [5.41, 5.74) is -5.91. The van der Waals surface area contributed by atoms with Gasteiger partial charge in [-0.2, -0.15) is 0 Å². The van der Waals surface area contributed by atoms with Crippen molar-refractivity contribution in [3.63, 3.8) is 0 Å². The summed E-state index contributed by atoms with van der Waals surface area (Å²) < 4.78 is 4.85. The molecule has 6 nitrogen and oxygen atoms in total. The number of hydrogen-bond acceptors (Lipinski definition) is 6. The third-order valence-corrected chi connectivity index (χ3v) is 3.54. The van der Waals surface area contributed by atoms with Gasteiger partial charge < -0.3 is 30.3 Å². The first-order valence-corrected chi connectivity index (χ1v) is 4.70. The Bertz CT molecular complexity index is 247. The fourth-order valence-corrected chi connectivity index (χ4v) is 1.71. The van der Waals surface area contributed by atoms with Crippen LogP contribution in [0, 0.1) is 0 Å². The van der Waals surface area contributed by atoms with Gasteiger partial charge in [-0.3, -0.25) is 0 Å². The Morgan fingerprint density at radius 1 is 1.07 bits per heavy atom. The van der Waals surface area contributed by atoms with Crippen molar-refractivity contribution in [2.45, 2.75) is 50.0 Å². The van der Waals surface area contributed by atoms with Crippen LogP contribution in [0.15, 0.2) is 0 Å². The molecule has 5 N–H and O–H groups in total. The summed E-state index contributed by atoms with van der Waals surface area (Å²) in [5, 5.41) is 48.3. The molecule has 1 heterocycles. The van der Waals surface area contributed by atoms with E-state index in [1.165, 1.54) is 13.8 Å². The van der Waals surface area contributed by atoms with E-state index in [4.69, 9.17) is 9.84 Å². The lowest BCUT2D eigenvalue weighted by Gasteiger charge is -2.56. The van der Waals surface area contributed by atoms with Crippen LogP contribution >= 0.6 is 0 Å². The van der Waals surface area contributed by atoms with Crippen molar-refractivity contribution in [3.8, 4) is 0 Å². The molecule has 0 radical (unpaired) electrons. The Hall–Kier alpha value is -0.240. The van der Waals surface area contributed by atoms with Crippen molar-refractivity contribution in [1.29, 1.82) is 0 Å². The number of aliphatic hydroxyl groups excluding tert-OH is 2. The molecule has 0 amide bonds. The largest absolute Gasteiger partial charge is 0.394 e. The van der Waals surface area contributed by atoms with Gasteiger partial charge in [-0.15, -0.1) is 0 Å². The molecule has 6 heteroatoms. The van der Waals surface area contributed by atoms with Gasteiger partial charge in [0.1, 0.15) is 22.9 Å². The summed E-state index contributed by atoms with van der Waals surface area (Å²) in [6, 6.07) is 0. The Morgan fingerprint density at radius 3 is 1.93 bits per heavy atom. The van der Waals surface area contributed by atoms with Crippen LogP contribution in [-0.4, -0.2) is 61.3 Å². The maximum Gasteiger partial charge on any atom is 0.187 e. The van der Waals surface area contributed by atoms with Crippen LogP contribution in [-0.2, 0) is 4.74 Å². The van der Waals surface area contributed by atoms with Crippen LogP contribution in [0.4, 0.5) is 0 Å². The summed E-state index contributed by atoms with van der Waals surface area (Å²) in [4.78, 5) is 0. The molecule has 1 rings (SSSR count). The van der Waals surface area contributed by atoms with E-state index in [0.29, 0.717) is 0 Å². The summed E-state index contributed by atoms with van der Waals surface area (Å²) >= 11 is 0. The van der Waals surface area contributed by atoms with Crippen LogP contribution < -0.4 is 0 Å². The van der Waals surface area contributed by atoms with Crippen LogP contribution in [0.2, 0.25) is 0 Å². The Balaban J connectivity index is 3.16. The maximum absolute atomic E-state index is 10.1. The van der Waals surface area contributed by atoms with Gasteiger partial charge in [-0.05, 0) is 20.8 Å². The summed E-state index contributed by atoms with van der Waals surface area (Å²) in [6.45, 7) is 2.99. The van der Waals surface area contributed by atoms with Gasteiger partial charge in [0.25, 0.3) is 0 Å². The van der Waals surface area contributed by atoms with Gasteiger partial charge in [0.15, 0.2) is 6.29 Å². The minimum absolute atomic E-state index is 0.573. The molecule has 0 aromatic rings. The van der Waals surface area contributed by atoms with Crippen LogP contribution in [0.3, 0.4) is 0 Å². The Kier molecular flexibility index (Phi) is 2.89. The summed E-state index contributed by atoms with van der Waals surface area (Å²) in [7, 11) is 0. The highest BCUT2D eigenvalue weighted by Crippen LogP contribution is 2.43. The quantitative estimate of drug-likeness (QED) is 0.349. The minimum atomic E-state index is -2.03. The minimum Gasteiger partial charge on any atom is -0.394 e. The lowest BCUT2D eigenvalue weighted by molar-refractivity contribution is -0.382. The topological polar surface area (TPSA) is 110 Å². The second-order valence-electron chi connectivity index (χ2n) is 4.53. The lowest BCUT2D eigenvalue weighted by Crippen LogP contribution is -2.77. The van der Waals surface area contributed by atoms with Gasteiger partial charge in [-0.25, -0.2) is 0 Å². The molecule has 0 aromatic carbocycles. The molecule has 15 heavy (non-hydrogen) atoms. The van der Waals surface area contributed by atoms with Gasteiger partial charge in [0, 0.05) is 0 Å². The number of aliphatic hydroxyl groups is 5. The lowest BCUT2D eigenvalue weighted by atomic mass is 9.68. The first-order chi connectivity index (χ1) is 6.59. The average Bonchev–Trinajstić information content (AvgIpc) is 2.10. The SMILES string of the molecule is C[C@]1(O)[C@@](C)(O)[C@@H](O)O[C@H](CO)[C@]1(C)O. The predicted octanol–water partition coefficient (Wildman–Crippen LogP) is -2.05. The number of hydrogen-bond donors (Lipinski definition) is 5. The van der Waals surface area contributed by atoms with Gasteiger partial charge in [-0.1, -0.05) is 0 Å². The van der Waals surface area contributed by atoms with Crippen molar-refractivity contribution >= 4 is 0 Å². The van der Waals surface area contributed by atoms with E-state index < -0.39 is 35.8 Å². The molecular formula is C9H18O6. The van der Waals surface area contributed by atoms with E-state index in [-0.39, 0.29) is 0 Å². The Labute approximate surface area is 87.7 Å². The van der Waals surface area contributed by atoms with E-state index in [1.54, 1.807) is 0 Å². The molecule has 0 bridgehead atoms. The molecule has 1 saturated heterocycles. The first-order valence-electron chi connectivity index (χ1n) is 4.70. The second-order valence-corrected chi connectivity index (χ2v) is 4.53. The van der Waals surface area contributed by atoms with Crippen LogP contribution in [0.5, 0.6) is 0 Å². The van der Waals surface area contributed by atoms with Crippen molar-refractivity contribution in [2.24, 2.45) is 0 Å². The van der Waals surface area contributed by atoms with E-state index in [0.717, 1.165) is 6.92 Å².